The van der Waals surface area contributed by atoms with E-state index >= 15 is 0 Å². The van der Waals surface area contributed by atoms with Gasteiger partial charge in [0.2, 0.25) is 0 Å². The third-order valence-corrected chi connectivity index (χ3v) is 3.14. The van der Waals surface area contributed by atoms with Crippen LogP contribution in [0, 0.1) is 5.41 Å². The van der Waals surface area contributed by atoms with Crippen LogP contribution in [0.15, 0.2) is 0 Å². The van der Waals surface area contributed by atoms with E-state index in [0.29, 0.717) is 5.41 Å². The van der Waals surface area contributed by atoms with E-state index in [9.17, 15) is 5.11 Å². The Balaban J connectivity index is 2.34. The zero-order chi connectivity index (χ0) is 10.1. The summed E-state index contributed by atoms with van der Waals surface area (Å²) in [6.07, 6.45) is 1.72. The number of nitrogens with zero attached hydrogens (tertiary/aromatic N) is 1. The zero-order valence-electron chi connectivity index (χ0n) is 9.43. The Kier molecular flexibility index (Phi) is 3.03. The molecule has 0 unspecified atom stereocenters. The first-order valence-corrected chi connectivity index (χ1v) is 5.35. The monoisotopic (exact) mass is 185 g/mol. The molecule has 0 bridgehead atoms. The Morgan fingerprint density at radius 1 is 1.23 bits per heavy atom. The molecule has 0 radical (unpaired) electrons. The third-order valence-electron chi connectivity index (χ3n) is 3.14. The van der Waals surface area contributed by atoms with Crippen molar-refractivity contribution in [3.8, 4) is 0 Å². The number of hydrogen-bond donors (Lipinski definition) is 1. The molecule has 1 N–H and O–H groups in total. The van der Waals surface area contributed by atoms with Crippen molar-refractivity contribution in [3.05, 3.63) is 0 Å². The summed E-state index contributed by atoms with van der Waals surface area (Å²) in [5.74, 6) is 0. The van der Waals surface area contributed by atoms with Gasteiger partial charge in [-0.05, 0) is 18.3 Å². The van der Waals surface area contributed by atoms with Crippen LogP contribution in [0.5, 0.6) is 0 Å². The van der Waals surface area contributed by atoms with Crippen molar-refractivity contribution in [1.82, 2.24) is 4.90 Å². The summed E-state index contributed by atoms with van der Waals surface area (Å²) in [5.41, 5.74) is 0.0267. The van der Waals surface area contributed by atoms with Gasteiger partial charge >= 0.3 is 0 Å². The minimum Gasteiger partial charge on any atom is -0.389 e. The molecule has 0 spiro atoms. The lowest BCUT2D eigenvalue weighted by Crippen LogP contribution is -2.57. The zero-order valence-corrected chi connectivity index (χ0v) is 9.43. The Bertz CT molecular complexity index is 165. The molecule has 0 saturated carbocycles. The lowest BCUT2D eigenvalue weighted by Gasteiger charge is -2.48. The van der Waals surface area contributed by atoms with Crippen LogP contribution in [-0.2, 0) is 0 Å². The third kappa shape index (κ3) is 2.68. The van der Waals surface area contributed by atoms with Crippen LogP contribution >= 0.6 is 0 Å². The normalized spacial score (nSPS) is 22.8. The Hall–Kier alpha value is -0.0800. The molecule has 0 aromatic heterocycles. The van der Waals surface area contributed by atoms with Crippen molar-refractivity contribution >= 4 is 0 Å². The summed E-state index contributed by atoms with van der Waals surface area (Å²) >= 11 is 0. The van der Waals surface area contributed by atoms with Gasteiger partial charge in [-0.15, -0.1) is 0 Å². The van der Waals surface area contributed by atoms with Gasteiger partial charge in [-0.1, -0.05) is 27.7 Å². The fourth-order valence-electron chi connectivity index (χ4n) is 2.17. The van der Waals surface area contributed by atoms with Crippen LogP contribution in [0.25, 0.3) is 0 Å². The highest BCUT2D eigenvalue weighted by atomic mass is 16.3. The highest BCUT2D eigenvalue weighted by Crippen LogP contribution is 2.31. The van der Waals surface area contributed by atoms with Gasteiger partial charge in [0.15, 0.2) is 0 Å². The molecule has 1 heterocycles. The second kappa shape index (κ2) is 3.58. The minimum atomic E-state index is -0.448. The number of β-amino-alcohol motifs (C(OH)–C–C–N with tert-alkyl or cyclic N) is 1. The maximum absolute atomic E-state index is 10.1. The second-order valence-corrected chi connectivity index (χ2v) is 5.24. The summed E-state index contributed by atoms with van der Waals surface area (Å²) in [7, 11) is 0. The SMILES string of the molecule is CCC(O)(CC)CN1CC(C)(C)C1. The molecule has 0 aromatic carbocycles. The number of rotatable bonds is 4. The largest absolute Gasteiger partial charge is 0.389 e. The molecule has 78 valence electrons. The first kappa shape index (κ1) is 11.0. The maximum Gasteiger partial charge on any atom is 0.0768 e. The maximum atomic E-state index is 10.1. The van der Waals surface area contributed by atoms with Crippen molar-refractivity contribution in [2.75, 3.05) is 19.6 Å². The molecule has 0 aromatic rings. The van der Waals surface area contributed by atoms with Gasteiger partial charge < -0.3 is 5.11 Å². The van der Waals surface area contributed by atoms with Crippen molar-refractivity contribution in [2.45, 2.75) is 46.1 Å². The van der Waals surface area contributed by atoms with Gasteiger partial charge in [0.1, 0.15) is 0 Å². The fourth-order valence-corrected chi connectivity index (χ4v) is 2.17. The topological polar surface area (TPSA) is 23.5 Å². The lowest BCUT2D eigenvalue weighted by molar-refractivity contribution is -0.0588. The molecule has 2 heteroatoms. The van der Waals surface area contributed by atoms with Crippen LogP contribution < -0.4 is 0 Å². The quantitative estimate of drug-likeness (QED) is 0.723. The molecule has 13 heavy (non-hydrogen) atoms. The smallest absolute Gasteiger partial charge is 0.0768 e. The number of hydrogen-bond acceptors (Lipinski definition) is 2. The number of likely N-dealkylation sites (tertiary alicyclic amines) is 1. The average molecular weight is 185 g/mol. The molecule has 0 atom stereocenters. The lowest BCUT2D eigenvalue weighted by atomic mass is 9.82. The van der Waals surface area contributed by atoms with Crippen LogP contribution in [0.1, 0.15) is 40.5 Å². The van der Waals surface area contributed by atoms with E-state index in [2.05, 4.69) is 32.6 Å². The van der Waals surface area contributed by atoms with Gasteiger partial charge in [-0.2, -0.15) is 0 Å². The van der Waals surface area contributed by atoms with Crippen molar-refractivity contribution in [1.29, 1.82) is 0 Å². The van der Waals surface area contributed by atoms with E-state index in [4.69, 9.17) is 0 Å². The number of aliphatic hydroxyl groups is 1. The van der Waals surface area contributed by atoms with Crippen LogP contribution in [-0.4, -0.2) is 35.2 Å². The van der Waals surface area contributed by atoms with Gasteiger partial charge in [0.05, 0.1) is 5.60 Å². The van der Waals surface area contributed by atoms with Gasteiger partial charge in [0.25, 0.3) is 0 Å². The molecule has 2 nitrogen and oxygen atoms in total. The first-order valence-electron chi connectivity index (χ1n) is 5.35. The molecule has 1 aliphatic rings. The molecule has 1 saturated heterocycles. The predicted molar refractivity (Wildman–Crippen MR) is 55.8 cm³/mol. The summed E-state index contributed by atoms with van der Waals surface area (Å²) in [4.78, 5) is 2.35. The van der Waals surface area contributed by atoms with E-state index in [1.165, 1.54) is 0 Å². The summed E-state index contributed by atoms with van der Waals surface area (Å²) in [6.45, 7) is 11.8. The predicted octanol–water partition coefficient (Wildman–Crippen LogP) is 1.88. The van der Waals surface area contributed by atoms with Crippen LogP contribution in [0.2, 0.25) is 0 Å². The van der Waals surface area contributed by atoms with E-state index < -0.39 is 5.60 Å². The Morgan fingerprint density at radius 2 is 1.69 bits per heavy atom. The van der Waals surface area contributed by atoms with E-state index in [1.807, 2.05) is 0 Å². The minimum absolute atomic E-state index is 0.448. The Morgan fingerprint density at radius 3 is 2.00 bits per heavy atom. The molecule has 1 fully saturated rings. The van der Waals surface area contributed by atoms with Crippen LogP contribution in [0.4, 0.5) is 0 Å². The first-order chi connectivity index (χ1) is 5.91. The fraction of sp³-hybridized carbons (Fsp3) is 1.00. The van der Waals surface area contributed by atoms with Crippen molar-refractivity contribution in [3.63, 3.8) is 0 Å². The average Bonchev–Trinajstić information content (AvgIpc) is 2.01. The molecule has 1 aliphatic heterocycles. The standard InChI is InChI=1S/C11H23NO/c1-5-11(13,6-2)9-12-7-10(3,4)8-12/h13H,5-9H2,1-4H3. The van der Waals surface area contributed by atoms with E-state index in [1.54, 1.807) is 0 Å². The van der Waals surface area contributed by atoms with Gasteiger partial charge in [-0.3, -0.25) is 4.90 Å². The van der Waals surface area contributed by atoms with Gasteiger partial charge in [0, 0.05) is 19.6 Å². The van der Waals surface area contributed by atoms with E-state index in [0.717, 1.165) is 32.5 Å². The summed E-state index contributed by atoms with van der Waals surface area (Å²) < 4.78 is 0. The van der Waals surface area contributed by atoms with Gasteiger partial charge in [-0.25, -0.2) is 0 Å². The molecule has 0 amide bonds. The molecule has 0 aliphatic carbocycles. The summed E-state index contributed by atoms with van der Waals surface area (Å²) in [6, 6.07) is 0. The Labute approximate surface area is 81.9 Å². The molecule has 1 rings (SSSR count). The summed E-state index contributed by atoms with van der Waals surface area (Å²) in [5, 5.41) is 10.1. The highest BCUT2D eigenvalue weighted by molar-refractivity contribution is 4.91. The van der Waals surface area contributed by atoms with Crippen LogP contribution in [0.3, 0.4) is 0 Å². The van der Waals surface area contributed by atoms with Crippen molar-refractivity contribution in [2.24, 2.45) is 5.41 Å². The highest BCUT2D eigenvalue weighted by Gasteiger charge is 2.37. The van der Waals surface area contributed by atoms with Crippen molar-refractivity contribution < 1.29 is 5.11 Å². The van der Waals surface area contributed by atoms with E-state index in [-0.39, 0.29) is 0 Å². The second-order valence-electron chi connectivity index (χ2n) is 5.24. The molecular weight excluding hydrogens is 162 g/mol. The molecular formula is C11H23NO.